The van der Waals surface area contributed by atoms with Crippen molar-refractivity contribution in [1.82, 2.24) is 10.6 Å². The van der Waals surface area contributed by atoms with Crippen molar-refractivity contribution in [3.8, 4) is 0 Å². The van der Waals surface area contributed by atoms with E-state index in [0.29, 0.717) is 19.5 Å². The molecule has 1 aliphatic heterocycles. The minimum Gasteiger partial charge on any atom is -0.353 e. The van der Waals surface area contributed by atoms with Crippen molar-refractivity contribution in [2.75, 3.05) is 13.1 Å². The zero-order chi connectivity index (χ0) is 14.3. The van der Waals surface area contributed by atoms with Gasteiger partial charge in [-0.1, -0.05) is 13.8 Å². The van der Waals surface area contributed by atoms with Gasteiger partial charge in [-0.3, -0.25) is 14.6 Å². The lowest BCUT2D eigenvalue weighted by Crippen LogP contribution is -2.50. The number of nitrogens with two attached hydrogens (primary N) is 1. The molecule has 0 fully saturated rings. The zero-order valence-electron chi connectivity index (χ0n) is 11.3. The summed E-state index contributed by atoms with van der Waals surface area (Å²) in [5.41, 5.74) is 5.34. The molecule has 1 rings (SSSR count). The first-order valence-electron chi connectivity index (χ1n) is 6.37. The summed E-state index contributed by atoms with van der Waals surface area (Å²) < 4.78 is 0. The molecule has 2 atom stereocenters. The third kappa shape index (κ3) is 5.17. The molecule has 2 amide bonds. The Bertz CT molecular complexity index is 366. The van der Waals surface area contributed by atoms with Crippen molar-refractivity contribution in [1.29, 1.82) is 0 Å². The first kappa shape index (κ1) is 15.3. The molecule has 0 aromatic carbocycles. The van der Waals surface area contributed by atoms with Crippen molar-refractivity contribution in [3.05, 3.63) is 0 Å². The van der Waals surface area contributed by atoms with Gasteiger partial charge in [-0.2, -0.15) is 0 Å². The van der Waals surface area contributed by atoms with Crippen molar-refractivity contribution >= 4 is 24.4 Å². The summed E-state index contributed by atoms with van der Waals surface area (Å²) in [7, 11) is 0. The van der Waals surface area contributed by atoms with Gasteiger partial charge in [0, 0.05) is 31.6 Å². The normalized spacial score (nSPS) is 18.6. The van der Waals surface area contributed by atoms with Crippen molar-refractivity contribution in [2.24, 2.45) is 21.6 Å². The van der Waals surface area contributed by atoms with E-state index in [1.165, 1.54) is 6.34 Å². The van der Waals surface area contributed by atoms with Gasteiger partial charge in [-0.25, -0.2) is 4.99 Å². The van der Waals surface area contributed by atoms with Crippen LogP contribution in [0.25, 0.3) is 0 Å². The van der Waals surface area contributed by atoms with Crippen LogP contribution in [0.3, 0.4) is 0 Å². The van der Waals surface area contributed by atoms with E-state index in [1.54, 1.807) is 20.1 Å². The molecule has 0 aromatic heterocycles. The summed E-state index contributed by atoms with van der Waals surface area (Å²) in [4.78, 5) is 31.6. The van der Waals surface area contributed by atoms with Crippen LogP contribution in [0.4, 0.5) is 0 Å². The summed E-state index contributed by atoms with van der Waals surface area (Å²) in [6.07, 6.45) is 3.50. The van der Waals surface area contributed by atoms with E-state index in [0.717, 1.165) is 0 Å². The lowest BCUT2D eigenvalue weighted by molar-refractivity contribution is -0.130. The van der Waals surface area contributed by atoms with E-state index in [-0.39, 0.29) is 23.8 Å². The maximum atomic E-state index is 12.0. The van der Waals surface area contributed by atoms with Crippen LogP contribution in [0.15, 0.2) is 9.98 Å². The monoisotopic (exact) mass is 267 g/mol. The molecule has 1 heterocycles. The summed E-state index contributed by atoms with van der Waals surface area (Å²) in [5, 5.41) is 5.40. The Labute approximate surface area is 112 Å². The number of amides is 2. The van der Waals surface area contributed by atoms with Gasteiger partial charge in [0.1, 0.15) is 12.4 Å². The fourth-order valence-electron chi connectivity index (χ4n) is 1.55. The SMILES string of the molecule is CC(C)C(=O)NC(CC1C=NC=N1)C(=O)NCCN. The Morgan fingerprint density at radius 1 is 1.37 bits per heavy atom. The number of carbonyl (C=O) groups is 2. The van der Waals surface area contributed by atoms with E-state index >= 15 is 0 Å². The first-order valence-corrected chi connectivity index (χ1v) is 6.37. The van der Waals surface area contributed by atoms with Gasteiger partial charge in [0.2, 0.25) is 11.8 Å². The van der Waals surface area contributed by atoms with Crippen LogP contribution < -0.4 is 16.4 Å². The number of aliphatic imine (C=N–C) groups is 2. The van der Waals surface area contributed by atoms with Gasteiger partial charge in [0.05, 0.1) is 6.04 Å². The largest absolute Gasteiger partial charge is 0.353 e. The number of rotatable bonds is 7. The maximum Gasteiger partial charge on any atom is 0.242 e. The average Bonchev–Trinajstić information content (AvgIpc) is 2.87. The molecule has 7 nitrogen and oxygen atoms in total. The van der Waals surface area contributed by atoms with Crippen LogP contribution in [-0.2, 0) is 9.59 Å². The van der Waals surface area contributed by atoms with E-state index < -0.39 is 6.04 Å². The lowest BCUT2D eigenvalue weighted by Gasteiger charge is -2.20. The first-order chi connectivity index (χ1) is 9.04. The molecule has 0 saturated heterocycles. The number of carbonyl (C=O) groups excluding carboxylic acids is 2. The number of nitrogens with zero attached hydrogens (tertiary/aromatic N) is 2. The molecule has 4 N–H and O–H groups in total. The number of hydrogen-bond donors (Lipinski definition) is 3. The molecule has 0 radical (unpaired) electrons. The third-order valence-corrected chi connectivity index (χ3v) is 2.66. The molecule has 106 valence electrons. The van der Waals surface area contributed by atoms with Gasteiger partial charge >= 0.3 is 0 Å². The Morgan fingerprint density at radius 3 is 2.63 bits per heavy atom. The van der Waals surface area contributed by atoms with Gasteiger partial charge in [0.25, 0.3) is 0 Å². The highest BCUT2D eigenvalue weighted by Gasteiger charge is 2.25. The Balaban J connectivity index is 2.60. The summed E-state index contributed by atoms with van der Waals surface area (Å²) in [5.74, 6) is -0.577. The standard InChI is InChI=1S/C12H21N5O2/c1-8(2)11(18)17-10(12(19)15-4-3-13)5-9-6-14-7-16-9/h6-10H,3-5,13H2,1-2H3,(H,15,19)(H,17,18). The summed E-state index contributed by atoms with van der Waals surface area (Å²) in [6, 6.07) is -0.783. The smallest absolute Gasteiger partial charge is 0.242 e. The fraction of sp³-hybridized carbons (Fsp3) is 0.667. The second-order valence-electron chi connectivity index (χ2n) is 4.66. The molecule has 0 spiro atoms. The second-order valence-corrected chi connectivity index (χ2v) is 4.66. The molecular formula is C12H21N5O2. The van der Waals surface area contributed by atoms with E-state index in [2.05, 4.69) is 20.6 Å². The van der Waals surface area contributed by atoms with Crippen LogP contribution >= 0.6 is 0 Å². The van der Waals surface area contributed by atoms with Gasteiger partial charge in [-0.15, -0.1) is 0 Å². The van der Waals surface area contributed by atoms with Crippen LogP contribution in [0.1, 0.15) is 20.3 Å². The Morgan fingerprint density at radius 2 is 2.11 bits per heavy atom. The quantitative estimate of drug-likeness (QED) is 0.554. The van der Waals surface area contributed by atoms with Crippen LogP contribution in [-0.4, -0.2) is 49.5 Å². The van der Waals surface area contributed by atoms with Crippen molar-refractivity contribution in [3.63, 3.8) is 0 Å². The average molecular weight is 267 g/mol. The molecule has 0 aromatic rings. The summed E-state index contributed by atoms with van der Waals surface area (Å²) in [6.45, 7) is 4.30. The third-order valence-electron chi connectivity index (χ3n) is 2.66. The minimum atomic E-state index is -0.617. The van der Waals surface area contributed by atoms with E-state index in [9.17, 15) is 9.59 Å². The minimum absolute atomic E-state index is 0.160. The zero-order valence-corrected chi connectivity index (χ0v) is 11.3. The van der Waals surface area contributed by atoms with Crippen molar-refractivity contribution < 1.29 is 9.59 Å². The molecule has 0 saturated carbocycles. The van der Waals surface area contributed by atoms with Gasteiger partial charge in [0.15, 0.2) is 0 Å². The van der Waals surface area contributed by atoms with Gasteiger partial charge < -0.3 is 16.4 Å². The van der Waals surface area contributed by atoms with Crippen molar-refractivity contribution in [2.45, 2.75) is 32.4 Å². The topological polar surface area (TPSA) is 109 Å². The molecule has 0 bridgehead atoms. The molecule has 7 heteroatoms. The molecule has 1 aliphatic rings. The highest BCUT2D eigenvalue weighted by atomic mass is 16.2. The number of hydrogen-bond acceptors (Lipinski definition) is 5. The Hall–Kier alpha value is -1.76. The fourth-order valence-corrected chi connectivity index (χ4v) is 1.55. The molecular weight excluding hydrogens is 246 g/mol. The molecule has 0 aliphatic carbocycles. The van der Waals surface area contributed by atoms with Crippen LogP contribution in [0.2, 0.25) is 0 Å². The highest BCUT2D eigenvalue weighted by molar-refractivity contribution is 5.89. The molecule has 2 unspecified atom stereocenters. The second kappa shape index (κ2) is 7.63. The van der Waals surface area contributed by atoms with E-state index in [4.69, 9.17) is 5.73 Å². The van der Waals surface area contributed by atoms with Gasteiger partial charge in [-0.05, 0) is 0 Å². The Kier molecular flexibility index (Phi) is 6.14. The highest BCUT2D eigenvalue weighted by Crippen LogP contribution is 2.06. The summed E-state index contributed by atoms with van der Waals surface area (Å²) >= 11 is 0. The predicted molar refractivity (Wildman–Crippen MR) is 74.2 cm³/mol. The maximum absolute atomic E-state index is 12.0. The van der Waals surface area contributed by atoms with Crippen LogP contribution in [0, 0.1) is 5.92 Å². The molecule has 19 heavy (non-hydrogen) atoms. The predicted octanol–water partition coefficient (Wildman–Crippen LogP) is -0.926. The van der Waals surface area contributed by atoms with E-state index in [1.807, 2.05) is 0 Å². The van der Waals surface area contributed by atoms with Crippen LogP contribution in [0.5, 0.6) is 0 Å². The lowest BCUT2D eigenvalue weighted by atomic mass is 10.1. The number of nitrogens with one attached hydrogen (secondary N) is 2.